The number of thiophene rings is 1. The maximum Gasteiger partial charge on any atom is 0.274 e. The van der Waals surface area contributed by atoms with Gasteiger partial charge in [0.25, 0.3) is 5.56 Å². The van der Waals surface area contributed by atoms with Crippen molar-refractivity contribution in [3.8, 4) is 11.9 Å². The first-order valence-electron chi connectivity index (χ1n) is 17.8. The summed E-state index contributed by atoms with van der Waals surface area (Å²) in [5, 5.41) is 10.5. The second-order valence-electron chi connectivity index (χ2n) is 14.3. The number of allylic oxidation sites excluding steroid dienone is 1. The molecule has 7 rings (SSSR count). The highest BCUT2D eigenvalue weighted by Crippen LogP contribution is 2.52. The molecule has 14 heteroatoms. The van der Waals surface area contributed by atoms with Gasteiger partial charge in [-0.1, -0.05) is 0 Å². The zero-order chi connectivity index (χ0) is 35.9. The number of fused-ring (bicyclic) bond motifs is 2. The predicted octanol–water partition coefficient (Wildman–Crippen LogP) is 4.08. The predicted molar refractivity (Wildman–Crippen MR) is 197 cm³/mol. The van der Waals surface area contributed by atoms with Gasteiger partial charge in [0.1, 0.15) is 22.9 Å². The highest BCUT2D eigenvalue weighted by molar-refractivity contribution is 7.16. The van der Waals surface area contributed by atoms with E-state index in [2.05, 4.69) is 28.0 Å². The molecule has 268 valence electrons. The molecule has 0 bridgehead atoms. The lowest BCUT2D eigenvalue weighted by Gasteiger charge is -2.40. The van der Waals surface area contributed by atoms with Crippen LogP contribution in [-0.2, 0) is 27.9 Å². The van der Waals surface area contributed by atoms with Crippen molar-refractivity contribution < 1.29 is 14.3 Å². The van der Waals surface area contributed by atoms with Gasteiger partial charge in [-0.25, -0.2) is 9.98 Å². The highest BCUT2D eigenvalue weighted by Gasteiger charge is 2.49. The van der Waals surface area contributed by atoms with E-state index in [1.54, 1.807) is 22.9 Å². The van der Waals surface area contributed by atoms with E-state index in [0.29, 0.717) is 67.1 Å². The van der Waals surface area contributed by atoms with Crippen molar-refractivity contribution in [1.29, 1.82) is 5.26 Å². The van der Waals surface area contributed by atoms with E-state index in [9.17, 15) is 14.9 Å². The Hall–Kier alpha value is -4.58. The molecule has 0 aromatic carbocycles. The molecule has 3 fully saturated rings. The van der Waals surface area contributed by atoms with Crippen molar-refractivity contribution in [2.24, 2.45) is 16.6 Å². The first-order valence-corrected chi connectivity index (χ1v) is 18.6. The van der Waals surface area contributed by atoms with Crippen LogP contribution in [0.2, 0.25) is 0 Å². The number of ketones is 1. The fourth-order valence-corrected chi connectivity index (χ4v) is 9.54. The minimum atomic E-state index is -0.857. The Kier molecular flexibility index (Phi) is 9.71. The van der Waals surface area contributed by atoms with Crippen molar-refractivity contribution in [3.05, 3.63) is 61.6 Å². The van der Waals surface area contributed by atoms with Gasteiger partial charge >= 0.3 is 0 Å². The molecule has 4 aliphatic rings. The van der Waals surface area contributed by atoms with Crippen LogP contribution in [0.5, 0.6) is 5.88 Å². The molecule has 1 saturated carbocycles. The molecule has 0 unspecified atom stereocenters. The molecule has 0 amide bonds. The number of ether oxygens (including phenoxy) is 2. The third-order valence-electron chi connectivity index (χ3n) is 11.1. The number of likely N-dealkylation sites (tertiary alicyclic amines) is 1. The number of rotatable bonds is 8. The van der Waals surface area contributed by atoms with Crippen LogP contribution in [0.4, 0.5) is 16.5 Å². The van der Waals surface area contributed by atoms with Crippen molar-refractivity contribution in [2.45, 2.75) is 88.8 Å². The fraction of sp³-hybridized carbons (Fsp3) is 0.514. The molecule has 3 aromatic heterocycles. The van der Waals surface area contributed by atoms with E-state index < -0.39 is 5.41 Å². The first kappa shape index (κ1) is 34.9. The fourth-order valence-electron chi connectivity index (χ4n) is 8.38. The number of aromatic nitrogens is 3. The van der Waals surface area contributed by atoms with Crippen LogP contribution in [0, 0.1) is 17.2 Å². The molecule has 4 atom stereocenters. The van der Waals surface area contributed by atoms with Gasteiger partial charge in [-0.15, -0.1) is 11.3 Å². The Morgan fingerprint density at radius 3 is 2.76 bits per heavy atom. The van der Waals surface area contributed by atoms with Crippen LogP contribution < -0.4 is 27.5 Å². The summed E-state index contributed by atoms with van der Waals surface area (Å²) in [6.07, 6.45) is 10.1. The van der Waals surface area contributed by atoms with Gasteiger partial charge in [-0.3, -0.25) is 14.5 Å². The van der Waals surface area contributed by atoms with Gasteiger partial charge in [0.2, 0.25) is 5.88 Å². The number of nitriles is 1. The molecule has 6 N–H and O–H groups in total. The molecule has 13 nitrogen and oxygen atoms in total. The molecule has 2 aliphatic carbocycles. The maximum atomic E-state index is 14.6. The highest BCUT2D eigenvalue weighted by atomic mass is 32.1. The van der Waals surface area contributed by atoms with Crippen molar-refractivity contribution in [2.75, 3.05) is 38.3 Å². The molecule has 1 spiro atoms. The third kappa shape index (κ3) is 6.54. The zero-order valence-corrected chi connectivity index (χ0v) is 30.0. The standard InChI is InChI=1S/C37H45N9O4S/c1-21(26-7-5-13-45(26)2)50-29-16-28(42-18-23-9-14-46(36(48)31(23)39)19-22-10-15-49-20-22)43-35(44-29)32(40)24-6-3-11-37(33(24)47)12-4-8-27-30(37)25(17-38)34(41)51-27/h9,14,16,18,21-22,26H,3-8,10-13,15,19-20,39-41H2,1-2H3/t21-,22+,26-,37-/m0/s1. The van der Waals surface area contributed by atoms with Gasteiger partial charge in [0.05, 0.1) is 23.3 Å². The normalized spacial score (nSPS) is 25.3. The lowest BCUT2D eigenvalue weighted by atomic mass is 9.61. The van der Waals surface area contributed by atoms with Gasteiger partial charge in [0, 0.05) is 59.6 Å². The molecule has 2 saturated heterocycles. The smallest absolute Gasteiger partial charge is 0.274 e. The van der Waals surface area contributed by atoms with Crippen molar-refractivity contribution >= 4 is 45.5 Å². The number of carbonyl (C=O) groups is 1. The number of nitrogens with zero attached hydrogens (tertiary/aromatic N) is 6. The quantitative estimate of drug-likeness (QED) is 0.225. The van der Waals surface area contributed by atoms with Gasteiger partial charge in [0.15, 0.2) is 17.4 Å². The number of aryl methyl sites for hydroxylation is 1. The van der Waals surface area contributed by atoms with E-state index in [-0.39, 0.29) is 58.3 Å². The summed E-state index contributed by atoms with van der Waals surface area (Å²) in [5.41, 5.74) is 20.6. The van der Waals surface area contributed by atoms with Gasteiger partial charge in [-0.05, 0) is 89.9 Å². The van der Waals surface area contributed by atoms with E-state index in [1.165, 1.54) is 17.6 Å². The SMILES string of the molecule is C[C@H](Oc1cc(N=Cc2ccn(C[C@H]3CCOC3)c(=O)c2N)nc(C(N)=C2CCC[C@@]3(CCCc4sc(N)c(C#N)c43)C2=O)n1)[C@@H]1CCCN1C. The number of Topliss-reactive ketones (excluding diaryl/α,β-unsaturated/α-hetero) is 1. The van der Waals surface area contributed by atoms with Crippen molar-refractivity contribution in [3.63, 3.8) is 0 Å². The van der Waals surface area contributed by atoms with Crippen LogP contribution in [0.15, 0.2) is 33.7 Å². The molecule has 2 aliphatic heterocycles. The average molecular weight is 712 g/mol. The Morgan fingerprint density at radius 2 is 2.04 bits per heavy atom. The molecule has 3 aromatic rings. The first-order chi connectivity index (χ1) is 24.6. The average Bonchev–Trinajstić information content (AvgIpc) is 3.87. The lowest BCUT2D eigenvalue weighted by molar-refractivity contribution is -0.122. The summed E-state index contributed by atoms with van der Waals surface area (Å²) < 4.78 is 13.5. The number of aliphatic imine (C=N–C) groups is 1. The van der Waals surface area contributed by atoms with Crippen LogP contribution in [0.3, 0.4) is 0 Å². The number of hydrogen-bond acceptors (Lipinski definition) is 13. The number of carbonyl (C=O) groups excluding carboxylic acids is 1. The second-order valence-corrected chi connectivity index (χ2v) is 15.4. The molecule has 51 heavy (non-hydrogen) atoms. The number of anilines is 2. The Morgan fingerprint density at radius 1 is 1.24 bits per heavy atom. The number of likely N-dealkylation sites (N-methyl/N-ethyl adjacent to an activating group) is 1. The van der Waals surface area contributed by atoms with Crippen LogP contribution in [0.25, 0.3) is 5.70 Å². The minimum absolute atomic E-state index is 0.0844. The molecule has 5 heterocycles. The van der Waals surface area contributed by atoms with Gasteiger partial charge < -0.3 is 31.2 Å². The summed E-state index contributed by atoms with van der Waals surface area (Å²) in [7, 11) is 2.08. The number of nitrogens with two attached hydrogens (primary N) is 3. The Bertz CT molecular complexity index is 2010. The number of nitrogen functional groups attached to an aromatic ring is 2. The Balaban J connectivity index is 1.25. The second kappa shape index (κ2) is 14.2. The Labute approximate surface area is 301 Å². The van der Waals surface area contributed by atoms with Crippen LogP contribution in [-0.4, -0.2) is 70.4 Å². The summed E-state index contributed by atoms with van der Waals surface area (Å²) in [6, 6.07) is 5.87. The largest absolute Gasteiger partial charge is 0.473 e. The number of hydrogen-bond donors (Lipinski definition) is 3. The topological polar surface area (TPSA) is 201 Å². The summed E-state index contributed by atoms with van der Waals surface area (Å²) >= 11 is 1.41. The van der Waals surface area contributed by atoms with Crippen LogP contribution >= 0.6 is 11.3 Å². The van der Waals surface area contributed by atoms with Crippen molar-refractivity contribution in [1.82, 2.24) is 19.4 Å². The minimum Gasteiger partial charge on any atom is -0.473 e. The molecular weight excluding hydrogens is 667 g/mol. The summed E-state index contributed by atoms with van der Waals surface area (Å²) in [5.74, 6) is 0.831. The monoisotopic (exact) mass is 711 g/mol. The summed E-state index contributed by atoms with van der Waals surface area (Å²) in [4.78, 5) is 45.0. The van der Waals surface area contributed by atoms with Gasteiger partial charge in [-0.2, -0.15) is 10.2 Å². The molecule has 0 radical (unpaired) electrons. The van der Waals surface area contributed by atoms with Crippen LogP contribution in [0.1, 0.15) is 85.7 Å². The molecular formula is C37H45N9O4S. The maximum absolute atomic E-state index is 14.6. The zero-order valence-electron chi connectivity index (χ0n) is 29.2. The summed E-state index contributed by atoms with van der Waals surface area (Å²) in [6.45, 7) is 4.87. The number of pyridine rings is 1. The van der Waals surface area contributed by atoms with E-state index in [0.717, 1.165) is 49.1 Å². The lowest BCUT2D eigenvalue weighted by Crippen LogP contribution is -2.43. The van der Waals surface area contributed by atoms with E-state index >= 15 is 0 Å². The van der Waals surface area contributed by atoms with E-state index in [1.807, 2.05) is 6.92 Å². The van der Waals surface area contributed by atoms with E-state index in [4.69, 9.17) is 31.7 Å². The third-order valence-corrected chi connectivity index (χ3v) is 12.2.